The van der Waals surface area contributed by atoms with E-state index in [0.717, 1.165) is 39.5 Å². The van der Waals surface area contributed by atoms with Crippen molar-refractivity contribution < 1.29 is 14.3 Å². The second-order valence-corrected chi connectivity index (χ2v) is 9.44. The van der Waals surface area contributed by atoms with Gasteiger partial charge < -0.3 is 14.4 Å². The summed E-state index contributed by atoms with van der Waals surface area (Å²) in [6.07, 6.45) is 0.819. The summed E-state index contributed by atoms with van der Waals surface area (Å²) in [4.78, 5) is 23.0. The van der Waals surface area contributed by atoms with Gasteiger partial charge in [-0.2, -0.15) is 0 Å². The van der Waals surface area contributed by atoms with Gasteiger partial charge in [-0.05, 0) is 69.4 Å². The predicted molar refractivity (Wildman–Crippen MR) is 141 cm³/mol. The summed E-state index contributed by atoms with van der Waals surface area (Å²) in [6.45, 7) is 5.88. The molecule has 0 saturated heterocycles. The van der Waals surface area contributed by atoms with E-state index in [9.17, 15) is 4.79 Å². The van der Waals surface area contributed by atoms with Gasteiger partial charge in [-0.15, -0.1) is 0 Å². The van der Waals surface area contributed by atoms with Crippen LogP contribution in [0.3, 0.4) is 0 Å². The average molecular weight is 478 g/mol. The molecular weight excluding hydrogens is 446 g/mol. The Morgan fingerprint density at radius 3 is 2.53 bits per heavy atom. The molecule has 3 aromatic carbocycles. The van der Waals surface area contributed by atoms with Crippen LogP contribution in [0.5, 0.6) is 11.5 Å². The van der Waals surface area contributed by atoms with E-state index in [1.165, 1.54) is 11.3 Å². The number of thiazole rings is 1. The summed E-state index contributed by atoms with van der Waals surface area (Å²) in [5.74, 6) is 1.21. The molecule has 1 aromatic heterocycles. The molecule has 0 aliphatic carbocycles. The van der Waals surface area contributed by atoms with Crippen molar-refractivity contribution >= 4 is 43.4 Å². The zero-order chi connectivity index (χ0) is 24.2. The zero-order valence-electron chi connectivity index (χ0n) is 20.4. The van der Waals surface area contributed by atoms with Crippen LogP contribution in [0, 0.1) is 6.92 Å². The fraction of sp³-hybridized carbons (Fsp3) is 0.333. The van der Waals surface area contributed by atoms with E-state index < -0.39 is 0 Å². The molecule has 4 aromatic rings. The number of aryl methyl sites for hydroxylation is 1. The average Bonchev–Trinajstić information content (AvgIpc) is 3.27. The highest BCUT2D eigenvalue weighted by molar-refractivity contribution is 7.22. The lowest BCUT2D eigenvalue weighted by Crippen LogP contribution is -2.34. The Kier molecular flexibility index (Phi) is 7.34. The zero-order valence-corrected chi connectivity index (χ0v) is 21.2. The topological polar surface area (TPSA) is 54.9 Å². The molecule has 0 bridgehead atoms. The van der Waals surface area contributed by atoms with Crippen LogP contribution in [0.4, 0.5) is 5.13 Å². The van der Waals surface area contributed by atoms with E-state index in [1.54, 1.807) is 12.0 Å². The van der Waals surface area contributed by atoms with Crippen LogP contribution in [0.25, 0.3) is 21.0 Å². The fourth-order valence-electron chi connectivity index (χ4n) is 4.09. The number of carbonyl (C=O) groups excluding carboxylic acids is 1. The maximum atomic E-state index is 14.2. The van der Waals surface area contributed by atoms with Crippen molar-refractivity contribution in [1.82, 2.24) is 9.88 Å². The number of hydrogen-bond acceptors (Lipinski definition) is 6. The van der Waals surface area contributed by atoms with Crippen LogP contribution >= 0.6 is 11.3 Å². The lowest BCUT2D eigenvalue weighted by molar-refractivity contribution is 0.0984. The standard InChI is InChI=1S/C27H31N3O3S/c1-6-33-21-15-13-19-10-7-8-11-20(19)23(21)26(31)30(17-9-16-29(3)4)27-28-24-22(32-5)14-12-18(2)25(24)34-27/h7-8,10-15H,6,9,16-17H2,1-5H3. The van der Waals surface area contributed by atoms with E-state index in [1.807, 2.05) is 69.6 Å². The number of amides is 1. The minimum Gasteiger partial charge on any atom is -0.494 e. The van der Waals surface area contributed by atoms with Gasteiger partial charge in [0.15, 0.2) is 5.13 Å². The molecule has 0 saturated carbocycles. The molecule has 1 amide bonds. The molecule has 0 atom stereocenters. The maximum Gasteiger partial charge on any atom is 0.264 e. The van der Waals surface area contributed by atoms with E-state index in [0.29, 0.717) is 35.3 Å². The van der Waals surface area contributed by atoms with E-state index in [2.05, 4.69) is 11.8 Å². The highest BCUT2D eigenvalue weighted by Gasteiger charge is 2.27. The monoisotopic (exact) mass is 477 g/mol. The number of carbonyl (C=O) groups is 1. The molecule has 0 aliphatic heterocycles. The van der Waals surface area contributed by atoms with Gasteiger partial charge in [-0.1, -0.05) is 47.7 Å². The van der Waals surface area contributed by atoms with Crippen LogP contribution in [0.1, 0.15) is 29.3 Å². The SMILES string of the molecule is CCOc1ccc2ccccc2c1C(=O)N(CCCN(C)C)c1nc2c(OC)ccc(C)c2s1. The third-order valence-electron chi connectivity index (χ3n) is 5.78. The van der Waals surface area contributed by atoms with E-state index in [-0.39, 0.29) is 5.91 Å². The number of benzene rings is 3. The minimum atomic E-state index is -0.102. The lowest BCUT2D eigenvalue weighted by Gasteiger charge is -2.23. The summed E-state index contributed by atoms with van der Waals surface area (Å²) in [6, 6.07) is 15.8. The van der Waals surface area contributed by atoms with Crippen LogP contribution in [-0.4, -0.2) is 56.7 Å². The number of fused-ring (bicyclic) bond motifs is 2. The molecule has 4 rings (SSSR count). The number of ether oxygens (including phenoxy) is 2. The molecule has 178 valence electrons. The lowest BCUT2D eigenvalue weighted by atomic mass is 10.0. The predicted octanol–water partition coefficient (Wildman–Crippen LogP) is 5.76. The van der Waals surface area contributed by atoms with Gasteiger partial charge >= 0.3 is 0 Å². The Morgan fingerprint density at radius 2 is 1.79 bits per heavy atom. The number of methoxy groups -OCH3 is 1. The molecule has 0 unspecified atom stereocenters. The quantitative estimate of drug-likeness (QED) is 0.307. The van der Waals surface area contributed by atoms with Gasteiger partial charge in [0, 0.05) is 6.54 Å². The summed E-state index contributed by atoms with van der Waals surface area (Å²) in [7, 11) is 5.72. The first-order chi connectivity index (χ1) is 16.4. The highest BCUT2D eigenvalue weighted by atomic mass is 32.1. The molecule has 34 heavy (non-hydrogen) atoms. The Balaban J connectivity index is 1.86. The second-order valence-electron chi connectivity index (χ2n) is 8.47. The van der Waals surface area contributed by atoms with Crippen LogP contribution < -0.4 is 14.4 Å². The van der Waals surface area contributed by atoms with Crippen molar-refractivity contribution in [3.63, 3.8) is 0 Å². The van der Waals surface area contributed by atoms with Crippen LogP contribution in [-0.2, 0) is 0 Å². The maximum absolute atomic E-state index is 14.2. The molecule has 0 radical (unpaired) electrons. The number of aromatic nitrogens is 1. The van der Waals surface area contributed by atoms with Gasteiger partial charge in [0.1, 0.15) is 17.0 Å². The number of nitrogens with zero attached hydrogens (tertiary/aromatic N) is 3. The second kappa shape index (κ2) is 10.4. The largest absolute Gasteiger partial charge is 0.494 e. The van der Waals surface area contributed by atoms with Crippen molar-refractivity contribution in [1.29, 1.82) is 0 Å². The summed E-state index contributed by atoms with van der Waals surface area (Å²) >= 11 is 1.53. The van der Waals surface area contributed by atoms with Crippen molar-refractivity contribution in [2.24, 2.45) is 0 Å². The van der Waals surface area contributed by atoms with Gasteiger partial charge in [0.25, 0.3) is 5.91 Å². The Hall–Kier alpha value is -3.16. The summed E-state index contributed by atoms with van der Waals surface area (Å²) in [5.41, 5.74) is 2.48. The van der Waals surface area contributed by atoms with Crippen molar-refractivity contribution in [2.75, 3.05) is 45.8 Å². The minimum absolute atomic E-state index is 0.102. The number of rotatable bonds is 9. The first kappa shape index (κ1) is 24.0. The molecular formula is C27H31N3O3S. The smallest absolute Gasteiger partial charge is 0.264 e. The Morgan fingerprint density at radius 1 is 1.03 bits per heavy atom. The van der Waals surface area contributed by atoms with Crippen molar-refractivity contribution in [3.05, 3.63) is 59.7 Å². The van der Waals surface area contributed by atoms with E-state index in [4.69, 9.17) is 14.5 Å². The van der Waals surface area contributed by atoms with Gasteiger partial charge in [0.05, 0.1) is 24.0 Å². The van der Waals surface area contributed by atoms with Crippen LogP contribution in [0.15, 0.2) is 48.5 Å². The van der Waals surface area contributed by atoms with Gasteiger partial charge in [0.2, 0.25) is 0 Å². The molecule has 0 spiro atoms. The summed E-state index contributed by atoms with van der Waals surface area (Å²) < 4.78 is 12.5. The first-order valence-electron chi connectivity index (χ1n) is 11.5. The Labute approximate surface area is 204 Å². The van der Waals surface area contributed by atoms with Crippen molar-refractivity contribution in [2.45, 2.75) is 20.3 Å². The van der Waals surface area contributed by atoms with Gasteiger partial charge in [-0.25, -0.2) is 4.98 Å². The fourth-order valence-corrected chi connectivity index (χ4v) is 5.17. The first-order valence-corrected chi connectivity index (χ1v) is 12.3. The number of anilines is 1. The molecule has 0 aliphatic rings. The Bertz CT molecular complexity index is 1320. The third kappa shape index (κ3) is 4.72. The molecule has 0 fully saturated rings. The number of hydrogen-bond donors (Lipinski definition) is 0. The van der Waals surface area contributed by atoms with Crippen LogP contribution in [0.2, 0.25) is 0 Å². The van der Waals surface area contributed by atoms with Crippen molar-refractivity contribution in [3.8, 4) is 11.5 Å². The van der Waals surface area contributed by atoms with Gasteiger partial charge in [-0.3, -0.25) is 9.69 Å². The molecule has 6 nitrogen and oxygen atoms in total. The molecule has 1 heterocycles. The highest BCUT2D eigenvalue weighted by Crippen LogP contribution is 2.38. The van der Waals surface area contributed by atoms with E-state index >= 15 is 0 Å². The normalized spacial score (nSPS) is 11.4. The third-order valence-corrected chi connectivity index (χ3v) is 6.99. The summed E-state index contributed by atoms with van der Waals surface area (Å²) in [5, 5.41) is 2.55. The molecule has 0 N–H and O–H groups in total. The molecule has 7 heteroatoms.